The number of nitrogens with zero attached hydrogens (tertiary/aromatic N) is 3. The van der Waals surface area contributed by atoms with Crippen LogP contribution in [-0.4, -0.2) is 29.4 Å². The van der Waals surface area contributed by atoms with Gasteiger partial charge in [-0.15, -0.1) is 0 Å². The second-order valence-corrected chi connectivity index (χ2v) is 7.54. The van der Waals surface area contributed by atoms with Gasteiger partial charge in [0.25, 0.3) is 0 Å². The van der Waals surface area contributed by atoms with E-state index in [-0.39, 0.29) is 14.9 Å². The Kier molecular flexibility index (Phi) is 3.51. The van der Waals surface area contributed by atoms with E-state index in [9.17, 15) is 8.42 Å². The summed E-state index contributed by atoms with van der Waals surface area (Å²) < 4.78 is 24.7. The monoisotopic (exact) mass is 356 g/mol. The summed E-state index contributed by atoms with van der Waals surface area (Å²) in [7, 11) is -3.41. The molecule has 0 spiro atoms. The van der Waals surface area contributed by atoms with Gasteiger partial charge in [-0.25, -0.2) is 18.1 Å². The molecule has 0 bridgehead atoms. The molecule has 0 unspecified atom stereocenters. The zero-order valence-corrected chi connectivity index (χ0v) is 13.6. The van der Waals surface area contributed by atoms with Crippen molar-refractivity contribution in [3.63, 3.8) is 0 Å². The first-order valence-electron chi connectivity index (χ1n) is 6.06. The van der Waals surface area contributed by atoms with Crippen molar-refractivity contribution in [1.29, 1.82) is 0 Å². The second kappa shape index (κ2) is 5.12. The van der Waals surface area contributed by atoms with E-state index in [4.69, 9.17) is 28.9 Å². The molecule has 0 aliphatic heterocycles. The fraction of sp³-hybridized carbons (Fsp3) is 0.0769. The highest BCUT2D eigenvalue weighted by Crippen LogP contribution is 2.32. The molecule has 0 aliphatic rings. The van der Waals surface area contributed by atoms with Gasteiger partial charge in [0, 0.05) is 18.6 Å². The van der Waals surface area contributed by atoms with Crippen LogP contribution in [0.5, 0.6) is 0 Å². The molecule has 3 aromatic rings. The van der Waals surface area contributed by atoms with E-state index in [2.05, 4.69) is 10.1 Å². The highest BCUT2D eigenvalue weighted by atomic mass is 35.5. The summed E-state index contributed by atoms with van der Waals surface area (Å²) in [5.74, 6) is 0.337. The van der Waals surface area contributed by atoms with Gasteiger partial charge in [0.1, 0.15) is 11.5 Å². The fourth-order valence-electron chi connectivity index (χ4n) is 2.06. The minimum absolute atomic E-state index is 0.0455. The molecule has 0 amide bonds. The molecule has 2 heterocycles. The van der Waals surface area contributed by atoms with Crippen LogP contribution >= 0.6 is 23.2 Å². The number of pyridine rings is 1. The van der Waals surface area contributed by atoms with Gasteiger partial charge in [0.15, 0.2) is 9.84 Å². The molecular weight excluding hydrogens is 347 g/mol. The highest BCUT2D eigenvalue weighted by Gasteiger charge is 2.17. The Morgan fingerprint density at radius 2 is 1.86 bits per heavy atom. The Hall–Kier alpha value is -1.83. The molecule has 0 aliphatic carbocycles. The van der Waals surface area contributed by atoms with E-state index >= 15 is 0 Å². The van der Waals surface area contributed by atoms with Crippen LogP contribution in [0.3, 0.4) is 0 Å². The average molecular weight is 357 g/mol. The van der Waals surface area contributed by atoms with Gasteiger partial charge in [-0.05, 0) is 18.2 Å². The third kappa shape index (κ3) is 2.51. The molecule has 22 heavy (non-hydrogen) atoms. The predicted molar refractivity (Wildman–Crippen MR) is 86.4 cm³/mol. The molecular formula is C13H10Cl2N4O2S. The summed E-state index contributed by atoms with van der Waals surface area (Å²) in [5.41, 5.74) is 6.81. The van der Waals surface area contributed by atoms with Crippen LogP contribution in [0, 0.1) is 0 Å². The average Bonchev–Trinajstić information content (AvgIpc) is 2.82. The number of aromatic nitrogens is 3. The summed E-state index contributed by atoms with van der Waals surface area (Å²) in [6.07, 6.45) is 4.28. The molecule has 6 nitrogen and oxygen atoms in total. The molecule has 2 aromatic heterocycles. The normalized spacial score (nSPS) is 12.0. The molecule has 0 radical (unpaired) electrons. The molecule has 0 saturated heterocycles. The molecule has 9 heteroatoms. The van der Waals surface area contributed by atoms with Crippen LogP contribution in [0.1, 0.15) is 0 Å². The number of fused-ring (bicyclic) bond motifs is 1. The Balaban J connectivity index is 2.25. The second-order valence-electron chi connectivity index (χ2n) is 4.71. The van der Waals surface area contributed by atoms with Gasteiger partial charge in [0.05, 0.1) is 25.8 Å². The summed E-state index contributed by atoms with van der Waals surface area (Å²) >= 11 is 12.4. The van der Waals surface area contributed by atoms with Gasteiger partial charge in [-0.1, -0.05) is 23.2 Å². The number of benzene rings is 1. The van der Waals surface area contributed by atoms with Crippen molar-refractivity contribution in [2.45, 2.75) is 4.90 Å². The first kappa shape index (κ1) is 15.1. The minimum Gasteiger partial charge on any atom is -0.383 e. The lowest BCUT2D eigenvalue weighted by molar-refractivity contribution is 0.602. The van der Waals surface area contributed by atoms with Gasteiger partial charge in [-0.3, -0.25) is 0 Å². The standard InChI is InChI=1S/C13H10Cl2N4O2S/c1-22(20,21)7-4-9(14)12(10(15)5-7)19-6-8-11(18-19)2-3-17-13(8)16/h2-6H,1H3,(H2,16,17). The Labute approximate surface area is 136 Å². The molecule has 3 rings (SSSR count). The number of rotatable bonds is 2. The van der Waals surface area contributed by atoms with E-state index < -0.39 is 9.84 Å². The van der Waals surface area contributed by atoms with Gasteiger partial charge in [-0.2, -0.15) is 5.10 Å². The van der Waals surface area contributed by atoms with Crippen molar-refractivity contribution in [2.24, 2.45) is 0 Å². The number of halogens is 2. The topological polar surface area (TPSA) is 90.9 Å². The maximum absolute atomic E-state index is 11.6. The number of sulfone groups is 1. The smallest absolute Gasteiger partial charge is 0.175 e. The van der Waals surface area contributed by atoms with Gasteiger partial charge >= 0.3 is 0 Å². The van der Waals surface area contributed by atoms with E-state index in [0.717, 1.165) is 6.26 Å². The summed E-state index contributed by atoms with van der Waals surface area (Å²) in [5, 5.41) is 5.34. The van der Waals surface area contributed by atoms with Crippen molar-refractivity contribution in [1.82, 2.24) is 14.8 Å². The molecule has 2 N–H and O–H groups in total. The van der Waals surface area contributed by atoms with Crippen molar-refractivity contribution < 1.29 is 8.42 Å². The van der Waals surface area contributed by atoms with Crippen LogP contribution in [0.4, 0.5) is 5.82 Å². The van der Waals surface area contributed by atoms with Crippen LogP contribution < -0.4 is 5.73 Å². The largest absolute Gasteiger partial charge is 0.383 e. The van der Waals surface area contributed by atoms with Crippen LogP contribution in [0.25, 0.3) is 16.6 Å². The van der Waals surface area contributed by atoms with E-state index in [1.54, 1.807) is 18.5 Å². The van der Waals surface area contributed by atoms with Crippen molar-refractivity contribution >= 4 is 49.8 Å². The highest BCUT2D eigenvalue weighted by molar-refractivity contribution is 7.90. The summed E-state index contributed by atoms with van der Waals surface area (Å²) in [6, 6.07) is 4.38. The van der Waals surface area contributed by atoms with Crippen molar-refractivity contribution in [3.05, 3.63) is 40.6 Å². The quantitative estimate of drug-likeness (QED) is 0.762. The molecule has 0 atom stereocenters. The minimum atomic E-state index is -3.41. The van der Waals surface area contributed by atoms with Crippen molar-refractivity contribution in [2.75, 3.05) is 12.0 Å². The number of hydrogen-bond donors (Lipinski definition) is 1. The van der Waals surface area contributed by atoms with Crippen LogP contribution in [0.2, 0.25) is 10.0 Å². The Morgan fingerprint density at radius 1 is 1.23 bits per heavy atom. The van der Waals surface area contributed by atoms with Crippen LogP contribution in [0.15, 0.2) is 35.5 Å². The van der Waals surface area contributed by atoms with Crippen LogP contribution in [-0.2, 0) is 9.84 Å². The number of nitrogen functional groups attached to an aromatic ring is 1. The zero-order valence-electron chi connectivity index (χ0n) is 11.3. The molecule has 0 fully saturated rings. The molecule has 0 saturated carbocycles. The van der Waals surface area contributed by atoms with E-state index in [1.165, 1.54) is 16.8 Å². The third-order valence-electron chi connectivity index (χ3n) is 3.11. The first-order chi connectivity index (χ1) is 10.3. The fourth-order valence-corrected chi connectivity index (χ4v) is 3.51. The summed E-state index contributed by atoms with van der Waals surface area (Å²) in [4.78, 5) is 4.03. The lowest BCUT2D eigenvalue weighted by Gasteiger charge is -2.09. The van der Waals surface area contributed by atoms with E-state index in [0.29, 0.717) is 22.4 Å². The predicted octanol–water partition coefficient (Wildman–Crippen LogP) is 2.71. The Morgan fingerprint density at radius 3 is 2.41 bits per heavy atom. The number of anilines is 1. The third-order valence-corrected chi connectivity index (χ3v) is 4.78. The molecule has 1 aromatic carbocycles. The zero-order chi connectivity index (χ0) is 16.1. The lowest BCUT2D eigenvalue weighted by Crippen LogP contribution is -2.01. The van der Waals surface area contributed by atoms with Gasteiger partial charge in [0.2, 0.25) is 0 Å². The lowest BCUT2D eigenvalue weighted by atomic mass is 10.3. The number of nitrogens with two attached hydrogens (primary N) is 1. The van der Waals surface area contributed by atoms with Gasteiger partial charge < -0.3 is 5.73 Å². The first-order valence-corrected chi connectivity index (χ1v) is 8.71. The maximum Gasteiger partial charge on any atom is 0.175 e. The SMILES string of the molecule is CS(=O)(=O)c1cc(Cl)c(-n2cc3c(N)nccc3n2)c(Cl)c1. The summed E-state index contributed by atoms with van der Waals surface area (Å²) in [6.45, 7) is 0. The maximum atomic E-state index is 11.6. The Bertz CT molecular complexity index is 975. The molecule has 114 valence electrons. The van der Waals surface area contributed by atoms with E-state index in [1.807, 2.05) is 0 Å². The van der Waals surface area contributed by atoms with Crippen molar-refractivity contribution in [3.8, 4) is 5.69 Å². The number of hydrogen-bond acceptors (Lipinski definition) is 5.